The van der Waals surface area contributed by atoms with Crippen molar-refractivity contribution in [3.05, 3.63) is 41.0 Å². The van der Waals surface area contributed by atoms with Crippen molar-refractivity contribution < 1.29 is 9.90 Å². The SMILES string of the molecule is CCc1c(C#N)c(SC2(CC(N)=O)C=CC=CC2)nc(N2CC(O)C2)c1C#N. The lowest BCUT2D eigenvalue weighted by molar-refractivity contribution is -0.118. The number of hydrogen-bond acceptors (Lipinski definition) is 7. The van der Waals surface area contributed by atoms with Gasteiger partial charge in [0, 0.05) is 19.5 Å². The van der Waals surface area contributed by atoms with Crippen molar-refractivity contribution in [3.63, 3.8) is 0 Å². The molecule has 8 heteroatoms. The van der Waals surface area contributed by atoms with E-state index in [0.29, 0.717) is 53.5 Å². The Bertz CT molecular complexity index is 937. The Morgan fingerprint density at radius 2 is 2.11 bits per heavy atom. The Hall–Kier alpha value is -2.81. The van der Waals surface area contributed by atoms with Gasteiger partial charge in [-0.15, -0.1) is 0 Å². The lowest BCUT2D eigenvalue weighted by atomic mass is 9.96. The van der Waals surface area contributed by atoms with E-state index in [4.69, 9.17) is 5.73 Å². The number of nitriles is 2. The minimum Gasteiger partial charge on any atom is -0.389 e. The summed E-state index contributed by atoms with van der Waals surface area (Å²) < 4.78 is -0.621. The van der Waals surface area contributed by atoms with Crippen molar-refractivity contribution in [1.29, 1.82) is 10.5 Å². The number of rotatable bonds is 6. The second-order valence-electron chi connectivity index (χ2n) is 6.91. The Labute approximate surface area is 168 Å². The maximum absolute atomic E-state index is 11.7. The van der Waals surface area contributed by atoms with Crippen molar-refractivity contribution in [2.75, 3.05) is 18.0 Å². The van der Waals surface area contributed by atoms with Gasteiger partial charge in [-0.25, -0.2) is 4.98 Å². The highest BCUT2D eigenvalue weighted by atomic mass is 32.2. The zero-order valence-corrected chi connectivity index (χ0v) is 16.4. The van der Waals surface area contributed by atoms with Crippen LogP contribution in [0, 0.1) is 22.7 Å². The van der Waals surface area contributed by atoms with Crippen LogP contribution in [-0.4, -0.2) is 39.9 Å². The van der Waals surface area contributed by atoms with Crippen molar-refractivity contribution in [1.82, 2.24) is 4.98 Å². The van der Waals surface area contributed by atoms with E-state index in [1.165, 1.54) is 11.8 Å². The zero-order chi connectivity index (χ0) is 20.3. The lowest BCUT2D eigenvalue weighted by Crippen LogP contribution is -2.51. The largest absolute Gasteiger partial charge is 0.389 e. The number of carbonyl (C=O) groups is 1. The number of hydrogen-bond donors (Lipinski definition) is 2. The predicted octanol–water partition coefficient (Wildman–Crippen LogP) is 1.79. The van der Waals surface area contributed by atoms with Crippen LogP contribution in [0.25, 0.3) is 0 Å². The summed E-state index contributed by atoms with van der Waals surface area (Å²) in [6.07, 6.45) is 8.40. The van der Waals surface area contributed by atoms with Gasteiger partial charge in [-0.2, -0.15) is 10.5 Å². The molecule has 1 aliphatic carbocycles. The van der Waals surface area contributed by atoms with Crippen molar-refractivity contribution in [3.8, 4) is 12.1 Å². The van der Waals surface area contributed by atoms with Crippen LogP contribution in [0.5, 0.6) is 0 Å². The van der Waals surface area contributed by atoms with Crippen LogP contribution < -0.4 is 10.6 Å². The van der Waals surface area contributed by atoms with Crippen molar-refractivity contribution in [2.45, 2.75) is 42.1 Å². The lowest BCUT2D eigenvalue weighted by Gasteiger charge is -2.38. The van der Waals surface area contributed by atoms with E-state index in [2.05, 4.69) is 17.1 Å². The van der Waals surface area contributed by atoms with E-state index >= 15 is 0 Å². The first-order valence-corrected chi connectivity index (χ1v) is 9.86. The van der Waals surface area contributed by atoms with E-state index in [1.807, 2.05) is 36.1 Å². The van der Waals surface area contributed by atoms with Crippen molar-refractivity contribution in [2.24, 2.45) is 5.73 Å². The van der Waals surface area contributed by atoms with Gasteiger partial charge in [0.2, 0.25) is 5.91 Å². The van der Waals surface area contributed by atoms with Gasteiger partial charge in [0.05, 0.1) is 22.0 Å². The average molecular weight is 395 g/mol. The van der Waals surface area contributed by atoms with Crippen molar-refractivity contribution >= 4 is 23.5 Å². The molecule has 1 aromatic rings. The molecule has 3 rings (SSSR count). The Balaban J connectivity index is 2.11. The summed E-state index contributed by atoms with van der Waals surface area (Å²) >= 11 is 1.34. The number of anilines is 1. The quantitative estimate of drug-likeness (QED) is 0.751. The first kappa shape index (κ1) is 19.9. The topological polar surface area (TPSA) is 127 Å². The summed E-state index contributed by atoms with van der Waals surface area (Å²) in [5.74, 6) is 0.0529. The molecular weight excluding hydrogens is 374 g/mol. The van der Waals surface area contributed by atoms with Gasteiger partial charge in [0.15, 0.2) is 0 Å². The highest BCUT2D eigenvalue weighted by Gasteiger charge is 2.35. The number of primary amides is 1. The summed E-state index contributed by atoms with van der Waals surface area (Å²) in [5.41, 5.74) is 6.86. The molecule has 1 fully saturated rings. The average Bonchev–Trinajstić information content (AvgIpc) is 2.64. The Morgan fingerprint density at radius 3 is 2.61 bits per heavy atom. The summed E-state index contributed by atoms with van der Waals surface area (Å²) in [6, 6.07) is 4.38. The van der Waals surface area contributed by atoms with Gasteiger partial charge < -0.3 is 15.7 Å². The van der Waals surface area contributed by atoms with Gasteiger partial charge >= 0.3 is 0 Å². The number of pyridine rings is 1. The number of carbonyl (C=O) groups excluding carboxylic acids is 1. The van der Waals surface area contributed by atoms with Crippen LogP contribution in [0.1, 0.15) is 36.5 Å². The number of amides is 1. The van der Waals surface area contributed by atoms with E-state index in [1.54, 1.807) is 0 Å². The molecule has 1 amide bonds. The molecule has 0 bridgehead atoms. The fourth-order valence-corrected chi connectivity index (χ4v) is 4.82. The molecule has 0 aromatic carbocycles. The van der Waals surface area contributed by atoms with Crippen LogP contribution >= 0.6 is 11.8 Å². The van der Waals surface area contributed by atoms with Crippen LogP contribution in [0.2, 0.25) is 0 Å². The molecule has 144 valence electrons. The molecule has 1 aromatic heterocycles. The molecule has 7 nitrogen and oxygen atoms in total. The monoisotopic (exact) mass is 395 g/mol. The molecule has 1 aliphatic heterocycles. The van der Waals surface area contributed by atoms with E-state index in [9.17, 15) is 20.4 Å². The van der Waals surface area contributed by atoms with Crippen LogP contribution in [-0.2, 0) is 11.2 Å². The number of thioether (sulfide) groups is 1. The number of β-amino-alcohol motifs (C(OH)–C–C–N with tert-alkyl or cyclic N) is 1. The molecule has 0 saturated carbocycles. The second-order valence-corrected chi connectivity index (χ2v) is 8.31. The molecule has 1 saturated heterocycles. The van der Waals surface area contributed by atoms with Gasteiger partial charge in [-0.3, -0.25) is 4.79 Å². The Morgan fingerprint density at radius 1 is 1.39 bits per heavy atom. The smallest absolute Gasteiger partial charge is 0.219 e. The fourth-order valence-electron chi connectivity index (χ4n) is 3.49. The van der Waals surface area contributed by atoms with Crippen LogP contribution in [0.15, 0.2) is 29.3 Å². The van der Waals surface area contributed by atoms with E-state index in [-0.39, 0.29) is 6.42 Å². The van der Waals surface area contributed by atoms with E-state index < -0.39 is 16.8 Å². The third-order valence-corrected chi connectivity index (χ3v) is 6.21. The van der Waals surface area contributed by atoms with E-state index in [0.717, 1.165) is 0 Å². The summed E-state index contributed by atoms with van der Waals surface area (Å²) in [6.45, 7) is 2.69. The number of allylic oxidation sites excluding steroid dienone is 3. The molecule has 0 radical (unpaired) electrons. The number of nitrogens with two attached hydrogens (primary N) is 1. The third-order valence-electron chi connectivity index (χ3n) is 4.87. The molecule has 2 aliphatic rings. The maximum Gasteiger partial charge on any atom is 0.219 e. The molecule has 0 spiro atoms. The number of aromatic nitrogens is 1. The predicted molar refractivity (Wildman–Crippen MR) is 107 cm³/mol. The molecule has 1 unspecified atom stereocenters. The highest BCUT2D eigenvalue weighted by Crippen LogP contribution is 2.44. The third kappa shape index (κ3) is 3.75. The zero-order valence-electron chi connectivity index (χ0n) is 15.6. The summed E-state index contributed by atoms with van der Waals surface area (Å²) in [4.78, 5) is 18.2. The second kappa shape index (κ2) is 8.05. The fraction of sp³-hybridized carbons (Fsp3) is 0.400. The molecule has 1 atom stereocenters. The summed E-state index contributed by atoms with van der Waals surface area (Å²) in [7, 11) is 0. The van der Waals surface area contributed by atoms with Gasteiger partial charge in [-0.1, -0.05) is 43.0 Å². The highest BCUT2D eigenvalue weighted by molar-refractivity contribution is 8.00. The number of aliphatic hydroxyl groups excluding tert-OH is 1. The van der Waals surface area contributed by atoms with Gasteiger partial charge in [0.1, 0.15) is 23.0 Å². The van der Waals surface area contributed by atoms with Crippen LogP contribution in [0.4, 0.5) is 5.82 Å². The van der Waals surface area contributed by atoms with Gasteiger partial charge in [-0.05, 0) is 18.4 Å². The molecule has 2 heterocycles. The first-order chi connectivity index (χ1) is 13.4. The van der Waals surface area contributed by atoms with Crippen LogP contribution in [0.3, 0.4) is 0 Å². The minimum absolute atomic E-state index is 0.115. The maximum atomic E-state index is 11.7. The molecule has 3 N–H and O–H groups in total. The Kier molecular flexibility index (Phi) is 5.73. The van der Waals surface area contributed by atoms with Gasteiger partial charge in [0.25, 0.3) is 0 Å². The normalized spacial score (nSPS) is 21.1. The standard InChI is InChI=1S/C20H21N5O2S/c1-2-14-15(9-21)18(25-11-13(26)12-25)24-19(16(14)10-22)28-20(8-17(23)27)6-4-3-5-7-20/h3-6,13,26H,2,7-8,11-12H2,1H3,(H2,23,27). The number of nitrogens with zero attached hydrogens (tertiary/aromatic N) is 4. The first-order valence-electron chi connectivity index (χ1n) is 9.04. The molecular formula is C20H21N5O2S. The summed E-state index contributed by atoms with van der Waals surface area (Å²) in [5, 5.41) is 29.6. The molecule has 28 heavy (non-hydrogen) atoms. The number of aliphatic hydroxyl groups is 1. The minimum atomic E-state index is -0.621.